The number of benzene rings is 3. The first-order valence-electron chi connectivity index (χ1n) is 10.3. The molecule has 7 nitrogen and oxygen atoms in total. The van der Waals surface area contributed by atoms with Crippen LogP contribution < -0.4 is 15.4 Å². The van der Waals surface area contributed by atoms with Crippen LogP contribution >= 0.6 is 11.6 Å². The van der Waals surface area contributed by atoms with Gasteiger partial charge in [0.25, 0.3) is 11.9 Å². The molecule has 8 heteroatoms. The van der Waals surface area contributed by atoms with Gasteiger partial charge in [-0.05, 0) is 53.6 Å². The number of carbonyl (C=O) groups is 1. The molecule has 1 aromatic heterocycles. The Hall–Kier alpha value is -4.10. The molecule has 1 atom stereocenters. The molecule has 5 rings (SSSR count). The van der Waals surface area contributed by atoms with E-state index < -0.39 is 0 Å². The Kier molecular flexibility index (Phi) is 5.54. The van der Waals surface area contributed by atoms with E-state index in [1.54, 1.807) is 36.1 Å². The molecule has 0 fully saturated rings. The van der Waals surface area contributed by atoms with Gasteiger partial charge in [0, 0.05) is 16.3 Å². The highest BCUT2D eigenvalue weighted by atomic mass is 35.5. The quantitative estimate of drug-likeness (QED) is 0.428. The fourth-order valence-electron chi connectivity index (χ4n) is 3.65. The van der Waals surface area contributed by atoms with Crippen LogP contribution in [0.1, 0.15) is 27.5 Å². The maximum absolute atomic E-state index is 12.7. The number of anilines is 2. The van der Waals surface area contributed by atoms with E-state index >= 15 is 0 Å². The number of halogens is 1. The van der Waals surface area contributed by atoms with E-state index in [9.17, 15) is 4.79 Å². The first-order valence-corrected chi connectivity index (χ1v) is 10.7. The van der Waals surface area contributed by atoms with Gasteiger partial charge in [0.1, 0.15) is 11.8 Å². The van der Waals surface area contributed by atoms with E-state index in [2.05, 4.69) is 26.8 Å². The first kappa shape index (κ1) is 20.8. The van der Waals surface area contributed by atoms with Gasteiger partial charge >= 0.3 is 0 Å². The summed E-state index contributed by atoms with van der Waals surface area (Å²) in [4.78, 5) is 17.2. The summed E-state index contributed by atoms with van der Waals surface area (Å²) in [5.41, 5.74) is 3.40. The largest absolute Gasteiger partial charge is 0.497 e. The van der Waals surface area contributed by atoms with Crippen molar-refractivity contribution in [1.29, 1.82) is 0 Å². The Balaban J connectivity index is 1.47. The molecule has 0 bridgehead atoms. The number of rotatable bonds is 5. The second-order valence-corrected chi connectivity index (χ2v) is 7.89. The molecule has 0 aliphatic carbocycles. The van der Waals surface area contributed by atoms with Crippen molar-refractivity contribution in [3.63, 3.8) is 0 Å². The number of hydrogen-bond donors (Lipinski definition) is 2. The van der Waals surface area contributed by atoms with Gasteiger partial charge in [0.15, 0.2) is 0 Å². The zero-order valence-corrected chi connectivity index (χ0v) is 18.5. The Morgan fingerprint density at radius 3 is 2.45 bits per heavy atom. The number of allylic oxidation sites excluding steroid dienone is 1. The van der Waals surface area contributed by atoms with Crippen molar-refractivity contribution in [3.8, 4) is 5.75 Å². The van der Waals surface area contributed by atoms with Crippen LogP contribution in [0, 0.1) is 0 Å². The third-order valence-electron chi connectivity index (χ3n) is 5.34. The van der Waals surface area contributed by atoms with Crippen LogP contribution in [0.5, 0.6) is 5.75 Å². The number of hydrogen-bond acceptors (Lipinski definition) is 5. The normalized spacial score (nSPS) is 14.6. The van der Waals surface area contributed by atoms with E-state index in [1.165, 1.54) is 0 Å². The van der Waals surface area contributed by atoms with Crippen LogP contribution in [0.4, 0.5) is 11.9 Å². The molecule has 0 radical (unpaired) electrons. The number of fused-ring (bicyclic) bond motifs is 1. The van der Waals surface area contributed by atoms with Gasteiger partial charge in [-0.2, -0.15) is 4.98 Å². The molecule has 2 heterocycles. The Labute approximate surface area is 195 Å². The summed E-state index contributed by atoms with van der Waals surface area (Å²) in [6.07, 6.45) is 2.08. The molecule has 1 aliphatic rings. The lowest BCUT2D eigenvalue weighted by Crippen LogP contribution is -2.20. The fourth-order valence-corrected chi connectivity index (χ4v) is 3.77. The molecule has 33 heavy (non-hydrogen) atoms. The summed E-state index contributed by atoms with van der Waals surface area (Å²) in [6.45, 7) is 0. The second kappa shape index (κ2) is 8.80. The van der Waals surface area contributed by atoms with Crippen LogP contribution in [0.15, 0.2) is 84.9 Å². The minimum atomic E-state index is -0.306. The molecular formula is C25H20ClN5O2. The minimum Gasteiger partial charge on any atom is -0.497 e. The molecule has 1 aliphatic heterocycles. The van der Waals surface area contributed by atoms with Crippen molar-refractivity contribution in [1.82, 2.24) is 14.8 Å². The summed E-state index contributed by atoms with van der Waals surface area (Å²) in [5, 5.41) is 11.3. The highest BCUT2D eigenvalue weighted by Gasteiger charge is 2.26. The van der Waals surface area contributed by atoms with E-state index in [1.807, 2.05) is 54.6 Å². The summed E-state index contributed by atoms with van der Waals surface area (Å²) in [7, 11) is 1.58. The van der Waals surface area contributed by atoms with Gasteiger partial charge in [0.05, 0.1) is 7.11 Å². The number of aromatic nitrogens is 3. The standard InChI is InChI=1S/C25H20ClN5O2/c1-33-20-13-9-18(10-14-20)23(32)28-24-29-25-27-21(16-5-3-2-4-6-16)15-22(31(25)30-24)17-7-11-19(26)12-8-17/h2-15,22H,1H3,(H2,27,28,29,30,32)/t22-/m0/s1. The van der Waals surface area contributed by atoms with Gasteiger partial charge in [-0.3, -0.25) is 10.1 Å². The Morgan fingerprint density at radius 2 is 1.76 bits per heavy atom. The number of amides is 1. The second-order valence-electron chi connectivity index (χ2n) is 7.45. The lowest BCUT2D eigenvalue weighted by Gasteiger charge is -2.24. The summed E-state index contributed by atoms with van der Waals surface area (Å²) in [6, 6.07) is 24.2. The van der Waals surface area contributed by atoms with Crippen molar-refractivity contribution in [2.45, 2.75) is 6.04 Å². The molecule has 0 saturated carbocycles. The van der Waals surface area contributed by atoms with Crippen LogP contribution in [0.3, 0.4) is 0 Å². The predicted octanol–water partition coefficient (Wildman–Crippen LogP) is 5.25. The van der Waals surface area contributed by atoms with E-state index in [4.69, 9.17) is 16.3 Å². The van der Waals surface area contributed by atoms with Crippen LogP contribution in [0.25, 0.3) is 5.70 Å². The first-order chi connectivity index (χ1) is 16.1. The highest BCUT2D eigenvalue weighted by molar-refractivity contribution is 6.30. The van der Waals surface area contributed by atoms with E-state index in [0.717, 1.165) is 16.8 Å². The zero-order chi connectivity index (χ0) is 22.8. The summed E-state index contributed by atoms with van der Waals surface area (Å²) in [5.74, 6) is 1.11. The number of ether oxygens (including phenoxy) is 1. The van der Waals surface area contributed by atoms with Crippen molar-refractivity contribution < 1.29 is 9.53 Å². The molecule has 4 aromatic rings. The Bertz CT molecular complexity index is 1320. The number of carbonyl (C=O) groups excluding carboxylic acids is 1. The molecule has 164 valence electrons. The SMILES string of the molecule is COc1ccc(C(=O)Nc2nc3n(n2)[C@H](c2ccc(Cl)cc2)C=C(c2ccccc2)N3)cc1. The maximum atomic E-state index is 12.7. The van der Waals surface area contributed by atoms with Gasteiger partial charge in [-0.1, -0.05) is 54.1 Å². The monoisotopic (exact) mass is 457 g/mol. The average molecular weight is 458 g/mol. The van der Waals surface area contributed by atoms with Crippen LogP contribution in [-0.4, -0.2) is 27.8 Å². The smallest absolute Gasteiger partial charge is 0.258 e. The van der Waals surface area contributed by atoms with E-state index in [-0.39, 0.29) is 17.9 Å². The third kappa shape index (κ3) is 4.31. The summed E-state index contributed by atoms with van der Waals surface area (Å²) >= 11 is 6.10. The lowest BCUT2D eigenvalue weighted by molar-refractivity contribution is 0.102. The topological polar surface area (TPSA) is 81.1 Å². The summed E-state index contributed by atoms with van der Waals surface area (Å²) < 4.78 is 6.90. The van der Waals surface area contributed by atoms with Gasteiger partial charge in [-0.15, -0.1) is 5.10 Å². The highest BCUT2D eigenvalue weighted by Crippen LogP contribution is 2.33. The molecule has 1 amide bonds. The molecule has 0 unspecified atom stereocenters. The van der Waals surface area contributed by atoms with Crippen molar-refractivity contribution >= 4 is 35.1 Å². The predicted molar refractivity (Wildman–Crippen MR) is 129 cm³/mol. The molecule has 3 aromatic carbocycles. The lowest BCUT2D eigenvalue weighted by atomic mass is 10.0. The molecule has 0 saturated heterocycles. The van der Waals surface area contributed by atoms with Crippen molar-refractivity contribution in [2.24, 2.45) is 0 Å². The maximum Gasteiger partial charge on any atom is 0.258 e. The molecule has 0 spiro atoms. The fraction of sp³-hybridized carbons (Fsp3) is 0.0800. The Morgan fingerprint density at radius 1 is 1.03 bits per heavy atom. The van der Waals surface area contributed by atoms with Crippen LogP contribution in [0.2, 0.25) is 5.02 Å². The zero-order valence-electron chi connectivity index (χ0n) is 17.7. The minimum absolute atomic E-state index is 0.208. The number of methoxy groups -OCH3 is 1. The van der Waals surface area contributed by atoms with Crippen molar-refractivity contribution in [2.75, 3.05) is 17.7 Å². The van der Waals surface area contributed by atoms with Gasteiger partial charge in [0.2, 0.25) is 5.95 Å². The van der Waals surface area contributed by atoms with Crippen molar-refractivity contribution in [3.05, 3.63) is 107 Å². The van der Waals surface area contributed by atoms with Crippen LogP contribution in [-0.2, 0) is 0 Å². The van der Waals surface area contributed by atoms with Gasteiger partial charge < -0.3 is 10.1 Å². The molecular weight excluding hydrogens is 438 g/mol. The third-order valence-corrected chi connectivity index (χ3v) is 5.59. The van der Waals surface area contributed by atoms with Gasteiger partial charge in [-0.25, -0.2) is 4.68 Å². The number of nitrogens with one attached hydrogen (secondary N) is 2. The molecule has 2 N–H and O–H groups in total. The van der Waals surface area contributed by atoms with E-state index in [0.29, 0.717) is 22.3 Å². The number of nitrogens with zero attached hydrogens (tertiary/aromatic N) is 3. The average Bonchev–Trinajstić information content (AvgIpc) is 3.27.